The molecule has 0 radical (unpaired) electrons. The van der Waals surface area contributed by atoms with Gasteiger partial charge in [-0.2, -0.15) is 4.98 Å². The first-order valence-corrected chi connectivity index (χ1v) is 8.77. The first kappa shape index (κ1) is 17.8. The van der Waals surface area contributed by atoms with Crippen molar-refractivity contribution in [3.8, 4) is 16.9 Å². The molecule has 2 heterocycles. The van der Waals surface area contributed by atoms with E-state index in [9.17, 15) is 8.78 Å². The van der Waals surface area contributed by atoms with Crippen LogP contribution in [0.4, 0.5) is 20.5 Å². The zero-order valence-electron chi connectivity index (χ0n) is 15.4. The van der Waals surface area contributed by atoms with Crippen molar-refractivity contribution in [2.45, 2.75) is 6.92 Å². The summed E-state index contributed by atoms with van der Waals surface area (Å²) in [5, 5.41) is 5.01. The summed E-state index contributed by atoms with van der Waals surface area (Å²) in [5.74, 6) is 0.0138. The van der Waals surface area contributed by atoms with E-state index in [1.165, 1.54) is 28.9 Å². The van der Waals surface area contributed by atoms with Gasteiger partial charge in [-0.1, -0.05) is 6.07 Å². The Morgan fingerprint density at radius 3 is 2.46 bits per heavy atom. The van der Waals surface area contributed by atoms with Crippen molar-refractivity contribution in [1.82, 2.24) is 19.7 Å². The molecule has 8 heteroatoms. The first-order valence-electron chi connectivity index (χ1n) is 8.77. The van der Waals surface area contributed by atoms with Gasteiger partial charge >= 0.3 is 0 Å². The van der Waals surface area contributed by atoms with Crippen LogP contribution >= 0.6 is 0 Å². The van der Waals surface area contributed by atoms with Crippen LogP contribution in [-0.2, 0) is 0 Å². The van der Waals surface area contributed by atoms with Gasteiger partial charge in [-0.05, 0) is 49.4 Å². The summed E-state index contributed by atoms with van der Waals surface area (Å²) in [7, 11) is 1.86. The van der Waals surface area contributed by atoms with E-state index in [0.29, 0.717) is 40.5 Å². The van der Waals surface area contributed by atoms with E-state index < -0.39 is 5.82 Å². The summed E-state index contributed by atoms with van der Waals surface area (Å²) < 4.78 is 28.5. The molecular formula is C20H18F2N6. The smallest absolute Gasteiger partial charge is 0.227 e. The van der Waals surface area contributed by atoms with E-state index >= 15 is 0 Å². The summed E-state index contributed by atoms with van der Waals surface area (Å²) in [6.07, 6.45) is 0. The fraction of sp³-hybridized carbons (Fsp3) is 0.150. The molecule has 4 rings (SSSR count). The Morgan fingerprint density at radius 1 is 1.04 bits per heavy atom. The number of nitrogens with zero attached hydrogens (tertiary/aromatic N) is 5. The normalized spacial score (nSPS) is 11.1. The van der Waals surface area contributed by atoms with Crippen LogP contribution in [0.3, 0.4) is 0 Å². The maximum atomic E-state index is 13.7. The molecule has 2 aromatic heterocycles. The molecular weight excluding hydrogens is 362 g/mol. The zero-order valence-corrected chi connectivity index (χ0v) is 15.4. The molecule has 2 N–H and O–H groups in total. The van der Waals surface area contributed by atoms with E-state index in [2.05, 4.69) is 15.1 Å². The number of anilines is 2. The second-order valence-electron chi connectivity index (χ2n) is 6.37. The van der Waals surface area contributed by atoms with Crippen LogP contribution in [-0.4, -0.2) is 33.3 Å². The maximum absolute atomic E-state index is 13.7. The fourth-order valence-corrected chi connectivity index (χ4v) is 2.93. The van der Waals surface area contributed by atoms with E-state index in [-0.39, 0.29) is 11.6 Å². The highest BCUT2D eigenvalue weighted by atomic mass is 19.1. The second-order valence-corrected chi connectivity index (χ2v) is 6.37. The molecule has 0 amide bonds. The van der Waals surface area contributed by atoms with Gasteiger partial charge in [-0.3, -0.25) is 0 Å². The Morgan fingerprint density at radius 2 is 1.79 bits per heavy atom. The van der Waals surface area contributed by atoms with Crippen molar-refractivity contribution in [1.29, 1.82) is 0 Å². The van der Waals surface area contributed by atoms with Crippen molar-refractivity contribution in [3.05, 3.63) is 60.2 Å². The number of benzene rings is 2. The summed E-state index contributed by atoms with van der Waals surface area (Å²) >= 11 is 0. The van der Waals surface area contributed by atoms with Crippen molar-refractivity contribution in [3.63, 3.8) is 0 Å². The van der Waals surface area contributed by atoms with E-state index in [0.717, 1.165) is 0 Å². The number of rotatable bonds is 4. The number of aromatic nitrogens is 4. The molecule has 4 aromatic rings. The van der Waals surface area contributed by atoms with Crippen LogP contribution in [0, 0.1) is 11.6 Å². The highest BCUT2D eigenvalue weighted by Crippen LogP contribution is 2.33. The Hall–Kier alpha value is -3.55. The standard InChI is InChI=1S/C20H18F2N6/c1-3-27(2)20-24-17(12-7-9-13(21)10-8-12)16-18(23)28(26-19(16)25-20)15-6-4-5-14(22)11-15/h4-11H,3,23H2,1-2H3. The predicted molar refractivity (Wildman–Crippen MR) is 105 cm³/mol. The molecule has 0 fully saturated rings. The van der Waals surface area contributed by atoms with Crippen LogP contribution in [0.15, 0.2) is 48.5 Å². The Kier molecular flexibility index (Phi) is 4.38. The summed E-state index contributed by atoms with van der Waals surface area (Å²) in [6.45, 7) is 2.67. The van der Waals surface area contributed by atoms with Gasteiger partial charge in [0.25, 0.3) is 0 Å². The van der Waals surface area contributed by atoms with E-state index in [1.807, 2.05) is 18.9 Å². The molecule has 0 bridgehead atoms. The van der Waals surface area contributed by atoms with Crippen LogP contribution < -0.4 is 10.6 Å². The molecule has 142 valence electrons. The molecule has 0 saturated heterocycles. The molecule has 28 heavy (non-hydrogen) atoms. The van der Waals surface area contributed by atoms with Crippen LogP contribution in [0.1, 0.15) is 6.92 Å². The highest BCUT2D eigenvalue weighted by molar-refractivity contribution is 5.99. The van der Waals surface area contributed by atoms with E-state index in [1.54, 1.807) is 24.3 Å². The first-order chi connectivity index (χ1) is 13.5. The third-order valence-corrected chi connectivity index (χ3v) is 4.54. The number of hydrogen-bond acceptors (Lipinski definition) is 5. The van der Waals surface area contributed by atoms with Gasteiger partial charge in [-0.15, -0.1) is 5.10 Å². The Balaban J connectivity index is 2.01. The molecule has 0 atom stereocenters. The van der Waals surface area contributed by atoms with Crippen molar-refractivity contribution in [2.75, 3.05) is 24.2 Å². The van der Waals surface area contributed by atoms with Crippen molar-refractivity contribution in [2.24, 2.45) is 0 Å². The average molecular weight is 380 g/mol. The average Bonchev–Trinajstić information content (AvgIpc) is 3.04. The lowest BCUT2D eigenvalue weighted by Crippen LogP contribution is -2.19. The highest BCUT2D eigenvalue weighted by Gasteiger charge is 2.20. The topological polar surface area (TPSA) is 72.9 Å². The van der Waals surface area contributed by atoms with Gasteiger partial charge < -0.3 is 10.6 Å². The van der Waals surface area contributed by atoms with Crippen molar-refractivity contribution < 1.29 is 8.78 Å². The van der Waals surface area contributed by atoms with Crippen LogP contribution in [0.25, 0.3) is 28.0 Å². The number of fused-ring (bicyclic) bond motifs is 1. The second kappa shape index (κ2) is 6.88. The molecule has 6 nitrogen and oxygen atoms in total. The quantitative estimate of drug-likeness (QED) is 0.583. The predicted octanol–water partition coefficient (Wildman–Crippen LogP) is 3.80. The van der Waals surface area contributed by atoms with Gasteiger partial charge in [0.2, 0.25) is 5.95 Å². The minimum Gasteiger partial charge on any atom is -0.383 e. The SMILES string of the molecule is CCN(C)c1nc(-c2ccc(F)cc2)c2c(N)n(-c3cccc(F)c3)nc2n1. The number of nitrogens with two attached hydrogens (primary N) is 1. The van der Waals surface area contributed by atoms with Gasteiger partial charge in [-0.25, -0.2) is 18.4 Å². The Bertz CT molecular complexity index is 1150. The Labute approximate surface area is 160 Å². The number of hydrogen-bond donors (Lipinski definition) is 1. The van der Waals surface area contributed by atoms with Gasteiger partial charge in [0.05, 0.1) is 16.8 Å². The zero-order chi connectivity index (χ0) is 19.8. The molecule has 0 saturated carbocycles. The van der Waals surface area contributed by atoms with Gasteiger partial charge in [0, 0.05) is 19.2 Å². The number of halogens is 2. The third kappa shape index (κ3) is 3.02. The monoisotopic (exact) mass is 380 g/mol. The van der Waals surface area contributed by atoms with Crippen LogP contribution in [0.5, 0.6) is 0 Å². The lowest BCUT2D eigenvalue weighted by molar-refractivity contribution is 0.625. The van der Waals surface area contributed by atoms with E-state index in [4.69, 9.17) is 5.73 Å². The molecule has 0 aliphatic heterocycles. The molecule has 0 spiro atoms. The molecule has 0 aliphatic carbocycles. The summed E-state index contributed by atoms with van der Waals surface area (Å²) in [4.78, 5) is 11.0. The fourth-order valence-electron chi connectivity index (χ4n) is 2.93. The molecule has 0 aliphatic rings. The maximum Gasteiger partial charge on any atom is 0.227 e. The minimum atomic E-state index is -0.396. The van der Waals surface area contributed by atoms with Gasteiger partial charge in [0.1, 0.15) is 17.5 Å². The molecule has 2 aromatic carbocycles. The number of nitrogen functional groups attached to an aromatic ring is 1. The third-order valence-electron chi connectivity index (χ3n) is 4.54. The summed E-state index contributed by atoms with van der Waals surface area (Å²) in [5.41, 5.74) is 8.44. The lowest BCUT2D eigenvalue weighted by atomic mass is 10.1. The van der Waals surface area contributed by atoms with Gasteiger partial charge in [0.15, 0.2) is 5.65 Å². The largest absolute Gasteiger partial charge is 0.383 e. The molecule has 0 unspecified atom stereocenters. The lowest BCUT2D eigenvalue weighted by Gasteiger charge is -2.15. The minimum absolute atomic E-state index is 0.283. The van der Waals surface area contributed by atoms with Crippen LogP contribution in [0.2, 0.25) is 0 Å². The van der Waals surface area contributed by atoms with Crippen molar-refractivity contribution >= 4 is 22.8 Å². The summed E-state index contributed by atoms with van der Waals surface area (Å²) in [6, 6.07) is 12.0.